The Kier molecular flexibility index (Phi) is 2.37. The molecule has 0 spiro atoms. The fourth-order valence-electron chi connectivity index (χ4n) is 1.30. The van der Waals surface area contributed by atoms with Crippen LogP contribution in [-0.2, 0) is 16.0 Å². The van der Waals surface area contributed by atoms with Crippen LogP contribution < -0.4 is 4.68 Å². The minimum atomic E-state index is -4.05. The van der Waals surface area contributed by atoms with Crippen LogP contribution in [-0.4, -0.2) is 18.1 Å². The molecule has 0 amide bonds. The third-order valence-corrected chi connectivity index (χ3v) is 2.49. The van der Waals surface area contributed by atoms with E-state index in [0.717, 1.165) is 5.39 Å². The number of nitrogens with zero attached hydrogens (tertiary/aromatic N) is 2. The molecular formula is C9H9N2O3S+. The molecule has 1 heterocycles. The quantitative estimate of drug-likeness (QED) is 0.592. The molecule has 78 valence electrons. The highest BCUT2D eigenvalue weighted by atomic mass is 32.2. The van der Waals surface area contributed by atoms with Crippen molar-refractivity contribution in [2.45, 2.75) is 5.88 Å². The molecule has 0 unspecified atom stereocenters. The van der Waals surface area contributed by atoms with Gasteiger partial charge in [-0.05, 0) is 6.07 Å². The van der Waals surface area contributed by atoms with Crippen LogP contribution in [0.2, 0.25) is 0 Å². The van der Waals surface area contributed by atoms with Gasteiger partial charge in [-0.2, -0.15) is 8.42 Å². The topological polar surface area (TPSA) is 71.1 Å². The number of benzene rings is 1. The van der Waals surface area contributed by atoms with Crippen LogP contribution in [0, 0.1) is 0 Å². The standard InChI is InChI=1S/C9H8N2O3S/c12-15(13,14)7-11-6-5-8-3-1-2-4-9(8)10-11/h1-6H,7H2/p+1. The Morgan fingerprint density at radius 2 is 2.00 bits per heavy atom. The van der Waals surface area contributed by atoms with E-state index in [9.17, 15) is 8.42 Å². The summed E-state index contributed by atoms with van der Waals surface area (Å²) < 4.78 is 31.1. The van der Waals surface area contributed by atoms with Gasteiger partial charge < -0.3 is 0 Å². The lowest BCUT2D eigenvalue weighted by Crippen LogP contribution is -2.40. The maximum atomic E-state index is 10.6. The SMILES string of the molecule is O=S(=O)(O)C[n+]1ccc2ccccc2n1. The molecule has 2 aromatic rings. The molecule has 0 fully saturated rings. The van der Waals surface area contributed by atoms with E-state index in [1.165, 1.54) is 10.9 Å². The monoisotopic (exact) mass is 225 g/mol. The van der Waals surface area contributed by atoms with E-state index in [1.54, 1.807) is 12.1 Å². The number of hydrogen-bond acceptors (Lipinski definition) is 3. The zero-order chi connectivity index (χ0) is 10.9. The van der Waals surface area contributed by atoms with Crippen molar-refractivity contribution in [3.63, 3.8) is 0 Å². The first-order valence-corrected chi connectivity index (χ1v) is 5.86. The van der Waals surface area contributed by atoms with Crippen molar-refractivity contribution in [3.05, 3.63) is 36.5 Å². The summed E-state index contributed by atoms with van der Waals surface area (Å²) in [4.78, 5) is 0. The van der Waals surface area contributed by atoms with Crippen LogP contribution in [0.25, 0.3) is 10.9 Å². The largest absolute Gasteiger partial charge is 0.329 e. The van der Waals surface area contributed by atoms with Crippen LogP contribution in [0.1, 0.15) is 0 Å². The van der Waals surface area contributed by atoms with E-state index in [4.69, 9.17) is 4.55 Å². The van der Waals surface area contributed by atoms with Gasteiger partial charge in [-0.1, -0.05) is 22.9 Å². The molecule has 0 bridgehead atoms. The van der Waals surface area contributed by atoms with Gasteiger partial charge >= 0.3 is 10.1 Å². The Hall–Kier alpha value is -1.53. The molecular weight excluding hydrogens is 216 g/mol. The number of fused-ring (bicyclic) bond motifs is 1. The number of aromatic nitrogens is 2. The van der Waals surface area contributed by atoms with Crippen molar-refractivity contribution in [2.75, 3.05) is 0 Å². The first-order chi connectivity index (χ1) is 7.04. The Morgan fingerprint density at radius 3 is 2.73 bits per heavy atom. The molecule has 0 aliphatic heterocycles. The predicted octanol–water partition coefficient (Wildman–Crippen LogP) is 0.368. The summed E-state index contributed by atoms with van der Waals surface area (Å²) >= 11 is 0. The van der Waals surface area contributed by atoms with Gasteiger partial charge in [0.15, 0.2) is 6.20 Å². The van der Waals surface area contributed by atoms with E-state index in [2.05, 4.69) is 5.10 Å². The van der Waals surface area contributed by atoms with Crippen molar-refractivity contribution < 1.29 is 17.7 Å². The third-order valence-electron chi connectivity index (χ3n) is 1.89. The zero-order valence-corrected chi connectivity index (χ0v) is 8.55. The summed E-state index contributed by atoms with van der Waals surface area (Å²) in [6.45, 7) is 0. The fourth-order valence-corrected chi connectivity index (χ4v) is 1.77. The van der Waals surface area contributed by atoms with Gasteiger partial charge in [-0.25, -0.2) is 0 Å². The second kappa shape index (κ2) is 3.56. The number of hydrogen-bond donors (Lipinski definition) is 1. The molecule has 0 atom stereocenters. The van der Waals surface area contributed by atoms with Crippen LogP contribution in [0.15, 0.2) is 36.5 Å². The van der Waals surface area contributed by atoms with Gasteiger partial charge in [-0.3, -0.25) is 4.55 Å². The first kappa shape index (κ1) is 10.0. The Bertz CT molecular complexity index is 595. The van der Waals surface area contributed by atoms with Crippen molar-refractivity contribution in [1.82, 2.24) is 5.10 Å². The van der Waals surface area contributed by atoms with Gasteiger partial charge in [-0.15, -0.1) is 0 Å². The molecule has 1 N–H and O–H groups in total. The summed E-state index contributed by atoms with van der Waals surface area (Å²) in [5.41, 5.74) is 0.684. The highest BCUT2D eigenvalue weighted by molar-refractivity contribution is 7.84. The highest BCUT2D eigenvalue weighted by Crippen LogP contribution is 2.06. The van der Waals surface area contributed by atoms with Crippen molar-refractivity contribution >= 4 is 21.0 Å². The molecule has 0 aliphatic carbocycles. The smallest absolute Gasteiger partial charge is 0.281 e. The summed E-state index contributed by atoms with van der Waals surface area (Å²) in [7, 11) is -4.05. The normalized spacial score (nSPS) is 11.8. The van der Waals surface area contributed by atoms with E-state index in [-0.39, 0.29) is 0 Å². The minimum absolute atomic E-state index is 0.530. The fraction of sp³-hybridized carbons (Fsp3) is 0.111. The van der Waals surface area contributed by atoms with Crippen molar-refractivity contribution in [1.29, 1.82) is 0 Å². The maximum Gasteiger partial charge on any atom is 0.329 e. The average molecular weight is 225 g/mol. The van der Waals surface area contributed by atoms with E-state index in [0.29, 0.717) is 5.52 Å². The Morgan fingerprint density at radius 1 is 1.27 bits per heavy atom. The lowest BCUT2D eigenvalue weighted by Gasteiger charge is -1.94. The van der Waals surface area contributed by atoms with Gasteiger partial charge in [0.1, 0.15) is 5.52 Å². The van der Waals surface area contributed by atoms with E-state index >= 15 is 0 Å². The van der Waals surface area contributed by atoms with Gasteiger partial charge in [0.25, 0.3) is 5.88 Å². The molecule has 1 aromatic heterocycles. The van der Waals surface area contributed by atoms with E-state index in [1.807, 2.05) is 18.2 Å². The Balaban J connectivity index is 2.48. The second-order valence-corrected chi connectivity index (χ2v) is 4.55. The van der Waals surface area contributed by atoms with Crippen LogP contribution in [0.5, 0.6) is 0 Å². The first-order valence-electron chi connectivity index (χ1n) is 4.25. The lowest BCUT2D eigenvalue weighted by atomic mass is 10.2. The van der Waals surface area contributed by atoms with Crippen LogP contribution in [0.4, 0.5) is 0 Å². The van der Waals surface area contributed by atoms with Gasteiger partial charge in [0.05, 0.1) is 0 Å². The minimum Gasteiger partial charge on any atom is -0.281 e. The van der Waals surface area contributed by atoms with Crippen LogP contribution >= 0.6 is 0 Å². The molecule has 2 rings (SSSR count). The highest BCUT2D eigenvalue weighted by Gasteiger charge is 2.14. The summed E-state index contributed by atoms with van der Waals surface area (Å²) in [5, 5.41) is 4.96. The Labute approximate surface area is 86.7 Å². The molecule has 0 saturated carbocycles. The molecule has 6 heteroatoms. The average Bonchev–Trinajstić information content (AvgIpc) is 2.15. The molecule has 5 nitrogen and oxygen atoms in total. The molecule has 0 saturated heterocycles. The summed E-state index contributed by atoms with van der Waals surface area (Å²) in [6.07, 6.45) is 1.51. The lowest BCUT2D eigenvalue weighted by molar-refractivity contribution is -0.734. The maximum absolute atomic E-state index is 10.6. The number of rotatable bonds is 2. The summed E-state index contributed by atoms with van der Waals surface area (Å²) in [6, 6.07) is 9.08. The summed E-state index contributed by atoms with van der Waals surface area (Å²) in [5.74, 6) is -0.530. The van der Waals surface area contributed by atoms with Gasteiger partial charge in [0, 0.05) is 16.6 Å². The molecule has 1 aromatic carbocycles. The molecule has 0 aliphatic rings. The van der Waals surface area contributed by atoms with Crippen molar-refractivity contribution in [3.8, 4) is 0 Å². The third kappa shape index (κ3) is 2.48. The van der Waals surface area contributed by atoms with E-state index < -0.39 is 16.0 Å². The predicted molar refractivity (Wildman–Crippen MR) is 53.5 cm³/mol. The molecule has 15 heavy (non-hydrogen) atoms. The van der Waals surface area contributed by atoms with Gasteiger partial charge in [0.2, 0.25) is 0 Å². The zero-order valence-electron chi connectivity index (χ0n) is 7.74. The van der Waals surface area contributed by atoms with Crippen LogP contribution in [0.3, 0.4) is 0 Å². The molecule has 0 radical (unpaired) electrons. The van der Waals surface area contributed by atoms with Crippen molar-refractivity contribution in [2.24, 2.45) is 0 Å². The second-order valence-electron chi connectivity index (χ2n) is 3.13.